The molecular formula is C14H28N2O3. The number of carbonyl (C=O) groups is 2. The minimum Gasteiger partial charge on any atom is -0.481 e. The van der Waals surface area contributed by atoms with Crippen LogP contribution in [0.25, 0.3) is 0 Å². The van der Waals surface area contributed by atoms with Crippen molar-refractivity contribution < 1.29 is 14.7 Å². The van der Waals surface area contributed by atoms with Gasteiger partial charge in [-0.3, -0.25) is 4.79 Å². The molecular weight excluding hydrogens is 244 g/mol. The van der Waals surface area contributed by atoms with E-state index in [-0.39, 0.29) is 12.5 Å². The first-order valence-corrected chi connectivity index (χ1v) is 6.96. The van der Waals surface area contributed by atoms with E-state index in [1.54, 1.807) is 11.9 Å². The summed E-state index contributed by atoms with van der Waals surface area (Å²) in [6, 6.07) is -0.128. The molecule has 2 N–H and O–H groups in total. The van der Waals surface area contributed by atoms with E-state index in [9.17, 15) is 9.59 Å². The molecule has 0 aliphatic carbocycles. The van der Waals surface area contributed by atoms with Gasteiger partial charge in [-0.05, 0) is 24.2 Å². The molecule has 0 saturated carbocycles. The summed E-state index contributed by atoms with van der Waals surface area (Å²) in [5.74, 6) is 0.681. The predicted octanol–water partition coefficient (Wildman–Crippen LogP) is 2.42. The summed E-state index contributed by atoms with van der Waals surface area (Å²) in [7, 11) is 1.69. The second-order valence-electron chi connectivity index (χ2n) is 5.76. The summed E-state index contributed by atoms with van der Waals surface area (Å²) < 4.78 is 0. The Morgan fingerprint density at radius 2 is 1.68 bits per heavy atom. The molecule has 0 unspecified atom stereocenters. The van der Waals surface area contributed by atoms with Gasteiger partial charge in [0.1, 0.15) is 0 Å². The Morgan fingerprint density at radius 3 is 2.11 bits per heavy atom. The lowest BCUT2D eigenvalue weighted by Gasteiger charge is -2.26. The van der Waals surface area contributed by atoms with Gasteiger partial charge >= 0.3 is 12.0 Å². The first-order valence-electron chi connectivity index (χ1n) is 6.96. The van der Waals surface area contributed by atoms with Crippen molar-refractivity contribution >= 4 is 12.0 Å². The quantitative estimate of drug-likeness (QED) is 0.713. The Labute approximate surface area is 116 Å². The molecule has 0 aliphatic rings. The molecule has 0 fully saturated rings. The van der Waals surface area contributed by atoms with Gasteiger partial charge in [-0.25, -0.2) is 4.79 Å². The number of nitrogens with zero attached hydrogens (tertiary/aromatic N) is 1. The summed E-state index contributed by atoms with van der Waals surface area (Å²) in [6.07, 6.45) is 0.579. The maximum absolute atomic E-state index is 11.8. The maximum atomic E-state index is 11.8. The van der Waals surface area contributed by atoms with E-state index in [0.29, 0.717) is 37.3 Å². The molecule has 0 bridgehead atoms. The average Bonchev–Trinajstić information content (AvgIpc) is 2.27. The summed E-state index contributed by atoms with van der Waals surface area (Å²) in [5, 5.41) is 11.5. The number of carbonyl (C=O) groups excluding carboxylic acids is 1. The maximum Gasteiger partial charge on any atom is 0.317 e. The van der Waals surface area contributed by atoms with E-state index in [0.717, 1.165) is 0 Å². The SMILES string of the molecule is CC(C)C(CNC(=O)N(C)CCCC(=O)O)C(C)C. The number of hydrogen-bond acceptors (Lipinski definition) is 2. The normalized spacial score (nSPS) is 11.2. The molecule has 0 aliphatic heterocycles. The van der Waals surface area contributed by atoms with Gasteiger partial charge in [-0.15, -0.1) is 0 Å². The molecule has 0 aromatic carbocycles. The van der Waals surface area contributed by atoms with Gasteiger partial charge < -0.3 is 15.3 Å². The lowest BCUT2D eigenvalue weighted by atomic mass is 9.85. The summed E-state index contributed by atoms with van der Waals surface area (Å²) >= 11 is 0. The van der Waals surface area contributed by atoms with Crippen LogP contribution in [0.15, 0.2) is 0 Å². The molecule has 112 valence electrons. The zero-order chi connectivity index (χ0) is 15.0. The number of hydrogen-bond donors (Lipinski definition) is 2. The standard InChI is InChI=1S/C14H28N2O3/c1-10(2)12(11(3)4)9-15-14(19)16(5)8-6-7-13(17)18/h10-12H,6-9H2,1-5H3,(H,15,19)(H,17,18). The van der Waals surface area contributed by atoms with Gasteiger partial charge in [0.2, 0.25) is 0 Å². The van der Waals surface area contributed by atoms with E-state index >= 15 is 0 Å². The minimum absolute atomic E-state index is 0.0955. The van der Waals surface area contributed by atoms with Crippen molar-refractivity contribution in [3.8, 4) is 0 Å². The molecule has 0 saturated heterocycles. The van der Waals surface area contributed by atoms with Crippen LogP contribution in [0.1, 0.15) is 40.5 Å². The Balaban J connectivity index is 4.04. The van der Waals surface area contributed by atoms with Gasteiger partial charge in [-0.1, -0.05) is 27.7 Å². The summed E-state index contributed by atoms with van der Waals surface area (Å²) in [4.78, 5) is 23.8. The van der Waals surface area contributed by atoms with Crippen LogP contribution in [0.4, 0.5) is 4.79 Å². The third kappa shape index (κ3) is 7.70. The highest BCUT2D eigenvalue weighted by molar-refractivity contribution is 5.73. The van der Waals surface area contributed by atoms with Crippen molar-refractivity contribution in [3.63, 3.8) is 0 Å². The van der Waals surface area contributed by atoms with Crippen LogP contribution in [0, 0.1) is 17.8 Å². The Hall–Kier alpha value is -1.26. The van der Waals surface area contributed by atoms with E-state index in [2.05, 4.69) is 33.0 Å². The minimum atomic E-state index is -0.825. The Kier molecular flexibility index (Phi) is 8.19. The molecule has 0 radical (unpaired) electrons. The molecule has 5 heteroatoms. The zero-order valence-electron chi connectivity index (χ0n) is 12.8. The molecule has 0 heterocycles. The molecule has 0 aromatic heterocycles. The molecule has 0 atom stereocenters. The number of nitrogens with one attached hydrogen (secondary N) is 1. The van der Waals surface area contributed by atoms with Gasteiger partial charge in [0, 0.05) is 26.6 Å². The second-order valence-corrected chi connectivity index (χ2v) is 5.76. The fourth-order valence-corrected chi connectivity index (χ4v) is 2.15. The average molecular weight is 272 g/mol. The van der Waals surface area contributed by atoms with E-state index in [1.165, 1.54) is 0 Å². The lowest BCUT2D eigenvalue weighted by Crippen LogP contribution is -2.41. The highest BCUT2D eigenvalue weighted by Gasteiger charge is 2.19. The summed E-state index contributed by atoms with van der Waals surface area (Å²) in [5.41, 5.74) is 0. The van der Waals surface area contributed by atoms with E-state index in [1.807, 2.05) is 0 Å². The predicted molar refractivity (Wildman–Crippen MR) is 76.1 cm³/mol. The first-order chi connectivity index (χ1) is 8.75. The number of amides is 2. The van der Waals surface area contributed by atoms with Crippen molar-refractivity contribution in [2.24, 2.45) is 17.8 Å². The highest BCUT2D eigenvalue weighted by Crippen LogP contribution is 2.19. The van der Waals surface area contributed by atoms with Crippen LogP contribution in [0.3, 0.4) is 0 Å². The lowest BCUT2D eigenvalue weighted by molar-refractivity contribution is -0.137. The number of carboxylic acid groups (broad SMARTS) is 1. The van der Waals surface area contributed by atoms with Gasteiger partial charge in [0.05, 0.1) is 0 Å². The Morgan fingerprint density at radius 1 is 1.16 bits per heavy atom. The van der Waals surface area contributed by atoms with Crippen LogP contribution in [-0.2, 0) is 4.79 Å². The smallest absolute Gasteiger partial charge is 0.317 e. The highest BCUT2D eigenvalue weighted by atomic mass is 16.4. The zero-order valence-corrected chi connectivity index (χ0v) is 12.8. The van der Waals surface area contributed by atoms with Crippen LogP contribution < -0.4 is 5.32 Å². The topological polar surface area (TPSA) is 69.6 Å². The van der Waals surface area contributed by atoms with Gasteiger partial charge in [0.25, 0.3) is 0 Å². The fourth-order valence-electron chi connectivity index (χ4n) is 2.15. The molecule has 0 spiro atoms. The van der Waals surface area contributed by atoms with Gasteiger partial charge in [-0.2, -0.15) is 0 Å². The second kappa shape index (κ2) is 8.77. The molecule has 2 amide bonds. The fraction of sp³-hybridized carbons (Fsp3) is 0.857. The van der Waals surface area contributed by atoms with Crippen LogP contribution in [0.2, 0.25) is 0 Å². The van der Waals surface area contributed by atoms with Crippen molar-refractivity contribution in [3.05, 3.63) is 0 Å². The van der Waals surface area contributed by atoms with Crippen molar-refractivity contribution in [2.45, 2.75) is 40.5 Å². The first kappa shape index (κ1) is 17.7. The van der Waals surface area contributed by atoms with Crippen LogP contribution in [-0.4, -0.2) is 42.1 Å². The molecule has 0 aromatic rings. The Bertz CT molecular complexity index is 282. The molecule has 5 nitrogen and oxygen atoms in total. The number of urea groups is 1. The number of rotatable bonds is 8. The van der Waals surface area contributed by atoms with Crippen molar-refractivity contribution in [1.82, 2.24) is 10.2 Å². The summed E-state index contributed by atoms with van der Waals surface area (Å²) in [6.45, 7) is 9.77. The monoisotopic (exact) mass is 272 g/mol. The third-order valence-electron chi connectivity index (χ3n) is 3.43. The molecule has 19 heavy (non-hydrogen) atoms. The third-order valence-corrected chi connectivity index (χ3v) is 3.43. The van der Waals surface area contributed by atoms with E-state index in [4.69, 9.17) is 5.11 Å². The van der Waals surface area contributed by atoms with Gasteiger partial charge in [0.15, 0.2) is 0 Å². The van der Waals surface area contributed by atoms with Crippen LogP contribution in [0.5, 0.6) is 0 Å². The number of carboxylic acids is 1. The largest absolute Gasteiger partial charge is 0.481 e. The van der Waals surface area contributed by atoms with Crippen LogP contribution >= 0.6 is 0 Å². The molecule has 0 rings (SSSR count). The van der Waals surface area contributed by atoms with Crippen molar-refractivity contribution in [2.75, 3.05) is 20.1 Å². The number of aliphatic carboxylic acids is 1. The van der Waals surface area contributed by atoms with E-state index < -0.39 is 5.97 Å². The van der Waals surface area contributed by atoms with Crippen molar-refractivity contribution in [1.29, 1.82) is 0 Å².